The second kappa shape index (κ2) is 8.31. The number of fused-ring (bicyclic) bond motifs is 1. The summed E-state index contributed by atoms with van der Waals surface area (Å²) in [5, 5.41) is 11.0. The van der Waals surface area contributed by atoms with Gasteiger partial charge in [0.15, 0.2) is 11.0 Å². The van der Waals surface area contributed by atoms with Gasteiger partial charge in [-0.25, -0.2) is 4.79 Å². The molecule has 0 fully saturated rings. The van der Waals surface area contributed by atoms with E-state index in [9.17, 15) is 4.79 Å². The van der Waals surface area contributed by atoms with Crippen LogP contribution in [0.5, 0.6) is 5.75 Å². The second-order valence-corrected chi connectivity index (χ2v) is 7.68. The molecular formula is C21H18ClN3O3S. The van der Waals surface area contributed by atoms with Crippen LogP contribution in [0.4, 0.5) is 0 Å². The van der Waals surface area contributed by atoms with Crippen molar-refractivity contribution in [1.82, 2.24) is 14.8 Å². The molecule has 0 spiro atoms. The summed E-state index contributed by atoms with van der Waals surface area (Å²) in [6.07, 6.45) is 0. The van der Waals surface area contributed by atoms with Crippen LogP contribution in [-0.2, 0) is 12.3 Å². The van der Waals surface area contributed by atoms with Gasteiger partial charge in [0.1, 0.15) is 11.3 Å². The molecule has 0 amide bonds. The molecule has 29 heavy (non-hydrogen) atoms. The number of benzene rings is 2. The van der Waals surface area contributed by atoms with Gasteiger partial charge in [0.25, 0.3) is 0 Å². The Morgan fingerprint density at radius 1 is 1.17 bits per heavy atom. The van der Waals surface area contributed by atoms with Crippen molar-refractivity contribution in [2.45, 2.75) is 24.4 Å². The fourth-order valence-corrected chi connectivity index (χ4v) is 4.30. The van der Waals surface area contributed by atoms with Crippen molar-refractivity contribution in [3.8, 4) is 17.1 Å². The van der Waals surface area contributed by atoms with E-state index in [4.69, 9.17) is 20.8 Å². The van der Waals surface area contributed by atoms with Crippen LogP contribution in [-0.4, -0.2) is 21.9 Å². The maximum Gasteiger partial charge on any atom is 0.336 e. The number of hydrogen-bond acceptors (Lipinski definition) is 6. The van der Waals surface area contributed by atoms with E-state index < -0.39 is 5.63 Å². The van der Waals surface area contributed by atoms with E-state index in [1.807, 2.05) is 47.9 Å². The molecule has 2 heterocycles. The quantitative estimate of drug-likeness (QED) is 0.317. The molecule has 0 aliphatic heterocycles. The summed E-state index contributed by atoms with van der Waals surface area (Å²) >= 11 is 7.64. The van der Waals surface area contributed by atoms with Gasteiger partial charge in [0, 0.05) is 40.4 Å². The molecule has 0 unspecified atom stereocenters. The van der Waals surface area contributed by atoms with Crippen LogP contribution in [0.3, 0.4) is 0 Å². The third-order valence-electron chi connectivity index (χ3n) is 4.51. The zero-order chi connectivity index (χ0) is 20.4. The summed E-state index contributed by atoms with van der Waals surface area (Å²) in [5.41, 5.74) is 1.90. The molecule has 4 rings (SSSR count). The van der Waals surface area contributed by atoms with Gasteiger partial charge >= 0.3 is 5.63 Å². The first kappa shape index (κ1) is 19.5. The van der Waals surface area contributed by atoms with Crippen molar-refractivity contribution >= 4 is 34.3 Å². The number of rotatable bonds is 6. The van der Waals surface area contributed by atoms with Gasteiger partial charge < -0.3 is 13.7 Å². The first-order valence-corrected chi connectivity index (χ1v) is 10.4. The van der Waals surface area contributed by atoms with Crippen LogP contribution in [0.1, 0.15) is 12.5 Å². The number of hydrogen-bond donors (Lipinski definition) is 0. The highest BCUT2D eigenvalue weighted by Crippen LogP contribution is 2.30. The zero-order valence-electron chi connectivity index (χ0n) is 15.9. The molecule has 0 aliphatic carbocycles. The van der Waals surface area contributed by atoms with Gasteiger partial charge in [-0.2, -0.15) is 0 Å². The molecule has 0 atom stereocenters. The van der Waals surface area contributed by atoms with Crippen molar-refractivity contribution in [1.29, 1.82) is 0 Å². The van der Waals surface area contributed by atoms with Crippen LogP contribution in [0.2, 0.25) is 5.02 Å². The van der Waals surface area contributed by atoms with Crippen LogP contribution in [0, 0.1) is 0 Å². The van der Waals surface area contributed by atoms with Crippen molar-refractivity contribution < 1.29 is 9.15 Å². The molecule has 0 N–H and O–H groups in total. The van der Waals surface area contributed by atoms with Crippen LogP contribution >= 0.6 is 23.4 Å². The van der Waals surface area contributed by atoms with Gasteiger partial charge in [-0.15, -0.1) is 10.2 Å². The minimum absolute atomic E-state index is 0.391. The number of aromatic nitrogens is 3. The predicted octanol–water partition coefficient (Wildman–Crippen LogP) is 5.03. The monoisotopic (exact) mass is 427 g/mol. The summed E-state index contributed by atoms with van der Waals surface area (Å²) in [4.78, 5) is 12.0. The van der Waals surface area contributed by atoms with Crippen LogP contribution in [0.15, 0.2) is 62.9 Å². The Morgan fingerprint density at radius 3 is 2.79 bits per heavy atom. The third-order valence-corrected chi connectivity index (χ3v) is 5.76. The Morgan fingerprint density at radius 2 is 2.03 bits per heavy atom. The van der Waals surface area contributed by atoms with E-state index in [0.29, 0.717) is 28.7 Å². The molecule has 0 saturated heterocycles. The summed E-state index contributed by atoms with van der Waals surface area (Å²) < 4.78 is 12.6. The molecule has 2 aromatic carbocycles. The molecule has 0 aliphatic rings. The lowest BCUT2D eigenvalue weighted by atomic mass is 10.1. The average Bonchev–Trinajstić information content (AvgIpc) is 3.14. The lowest BCUT2D eigenvalue weighted by molar-refractivity contribution is 0.414. The molecule has 2 aromatic heterocycles. The maximum absolute atomic E-state index is 12.0. The van der Waals surface area contributed by atoms with Crippen molar-refractivity contribution in [3.05, 3.63) is 69.5 Å². The van der Waals surface area contributed by atoms with Crippen molar-refractivity contribution in [2.24, 2.45) is 0 Å². The van der Waals surface area contributed by atoms with Crippen LogP contribution in [0.25, 0.3) is 22.4 Å². The normalized spacial score (nSPS) is 11.1. The summed E-state index contributed by atoms with van der Waals surface area (Å²) in [5.74, 6) is 1.96. The Bertz CT molecular complexity index is 1240. The van der Waals surface area contributed by atoms with E-state index in [-0.39, 0.29) is 0 Å². The first-order chi connectivity index (χ1) is 14.1. The van der Waals surface area contributed by atoms with E-state index in [0.717, 1.165) is 27.5 Å². The molecule has 0 radical (unpaired) electrons. The minimum atomic E-state index is -0.391. The molecule has 8 heteroatoms. The topological polar surface area (TPSA) is 70.2 Å². The maximum atomic E-state index is 12.0. The van der Waals surface area contributed by atoms with Gasteiger partial charge in [0.05, 0.1) is 7.11 Å². The van der Waals surface area contributed by atoms with Gasteiger partial charge in [-0.05, 0) is 36.8 Å². The average molecular weight is 428 g/mol. The highest BCUT2D eigenvalue weighted by molar-refractivity contribution is 7.98. The lowest BCUT2D eigenvalue weighted by Gasteiger charge is -2.09. The summed E-state index contributed by atoms with van der Waals surface area (Å²) in [6, 6.07) is 14.5. The Balaban J connectivity index is 1.65. The predicted molar refractivity (Wildman–Crippen MR) is 115 cm³/mol. The molecule has 0 saturated carbocycles. The number of ether oxygens (including phenoxy) is 1. The largest absolute Gasteiger partial charge is 0.497 e. The van der Waals surface area contributed by atoms with E-state index >= 15 is 0 Å². The molecule has 6 nitrogen and oxygen atoms in total. The molecule has 4 aromatic rings. The van der Waals surface area contributed by atoms with E-state index in [1.54, 1.807) is 13.2 Å². The number of nitrogens with zero attached hydrogens (tertiary/aromatic N) is 3. The zero-order valence-corrected chi connectivity index (χ0v) is 17.5. The fourth-order valence-electron chi connectivity index (χ4n) is 3.12. The van der Waals surface area contributed by atoms with Crippen molar-refractivity contribution in [2.75, 3.05) is 7.11 Å². The van der Waals surface area contributed by atoms with E-state index in [2.05, 4.69) is 10.2 Å². The van der Waals surface area contributed by atoms with Gasteiger partial charge in [-0.3, -0.25) is 0 Å². The SMILES string of the molecule is CCn1c(SCc2cc(=O)oc3cc(OC)ccc23)nnc1-c1cccc(Cl)c1. The van der Waals surface area contributed by atoms with Gasteiger partial charge in [0.2, 0.25) is 0 Å². The molecule has 0 bridgehead atoms. The Labute approximate surface area is 176 Å². The smallest absolute Gasteiger partial charge is 0.336 e. The number of halogens is 1. The van der Waals surface area contributed by atoms with Gasteiger partial charge in [-0.1, -0.05) is 35.5 Å². The number of methoxy groups -OCH3 is 1. The first-order valence-electron chi connectivity index (χ1n) is 9.01. The Hall–Kier alpha value is -2.77. The highest BCUT2D eigenvalue weighted by Gasteiger charge is 2.15. The fraction of sp³-hybridized carbons (Fsp3) is 0.190. The standard InChI is InChI=1S/C21H18ClN3O3S/c1-3-25-20(13-5-4-6-15(22)9-13)23-24-21(25)29-12-14-10-19(26)28-18-11-16(27-2)7-8-17(14)18/h4-11H,3,12H2,1-2H3. The third kappa shape index (κ3) is 4.02. The summed E-state index contributed by atoms with van der Waals surface area (Å²) in [7, 11) is 1.58. The van der Waals surface area contributed by atoms with Crippen LogP contribution < -0.4 is 10.4 Å². The summed E-state index contributed by atoms with van der Waals surface area (Å²) in [6.45, 7) is 2.76. The Kier molecular flexibility index (Phi) is 5.60. The van der Waals surface area contributed by atoms with Crippen molar-refractivity contribution in [3.63, 3.8) is 0 Å². The van der Waals surface area contributed by atoms with E-state index in [1.165, 1.54) is 17.8 Å². The second-order valence-electron chi connectivity index (χ2n) is 6.30. The molecular weight excluding hydrogens is 410 g/mol. The lowest BCUT2D eigenvalue weighted by Crippen LogP contribution is -2.02. The highest BCUT2D eigenvalue weighted by atomic mass is 35.5. The minimum Gasteiger partial charge on any atom is -0.497 e. The number of thioether (sulfide) groups is 1. The molecule has 148 valence electrons.